The van der Waals surface area contributed by atoms with Gasteiger partial charge in [0.2, 0.25) is 5.91 Å². The molecule has 1 aromatic heterocycles. The number of halogens is 3. The Bertz CT molecular complexity index is 1430. The number of carbonyl (C=O) groups excluding carboxylic acids is 3. The maximum atomic E-state index is 13.0. The minimum Gasteiger partial charge on any atom is -0.457 e. The van der Waals surface area contributed by atoms with E-state index in [1.165, 1.54) is 30.3 Å². The van der Waals surface area contributed by atoms with E-state index in [-0.39, 0.29) is 22.0 Å². The minimum atomic E-state index is -4.50. The molecule has 202 valence electrons. The number of carbonyl (C=O) groups is 3. The predicted molar refractivity (Wildman–Crippen MR) is 140 cm³/mol. The molecule has 0 unspecified atom stereocenters. The molecule has 12 heteroatoms. The largest absolute Gasteiger partial charge is 0.457 e. The Morgan fingerprint density at radius 2 is 1.77 bits per heavy atom. The molecule has 2 aliphatic rings. The number of thioether (sulfide) groups is 1. The Hall–Kier alpha value is -4.03. The second-order valence-corrected chi connectivity index (χ2v) is 9.74. The summed E-state index contributed by atoms with van der Waals surface area (Å²) in [7, 11) is 0. The standard InChI is InChI=1S/C27H22F3N3O5S/c28-27(29,30)18-3-1-2-17(14-18)22-9-8-21(38-22)15-23-25(35)33(26(36)39-23)16-24(34)31-19-4-6-20(7-5-19)32-10-12-37-13-11-32/h1-9,14-15H,10-13,16H2,(H,31,34)/b23-15+. The van der Waals surface area contributed by atoms with Crippen LogP contribution < -0.4 is 10.2 Å². The minimum absolute atomic E-state index is 0.0348. The first-order valence-corrected chi connectivity index (χ1v) is 12.7. The normalized spacial score (nSPS) is 17.3. The highest BCUT2D eigenvalue weighted by Gasteiger charge is 2.36. The van der Waals surface area contributed by atoms with E-state index in [1.807, 2.05) is 12.1 Å². The van der Waals surface area contributed by atoms with Crippen molar-refractivity contribution in [1.29, 1.82) is 0 Å². The van der Waals surface area contributed by atoms with Crippen molar-refractivity contribution in [2.45, 2.75) is 6.18 Å². The molecule has 3 amide bonds. The number of nitrogens with one attached hydrogen (secondary N) is 1. The molecule has 0 aliphatic carbocycles. The molecule has 5 rings (SSSR count). The van der Waals surface area contributed by atoms with Crippen LogP contribution in [0.3, 0.4) is 0 Å². The van der Waals surface area contributed by atoms with Gasteiger partial charge in [-0.15, -0.1) is 0 Å². The molecule has 0 radical (unpaired) electrons. The van der Waals surface area contributed by atoms with Crippen LogP contribution in [0.5, 0.6) is 0 Å². The summed E-state index contributed by atoms with van der Waals surface area (Å²) in [5, 5.41) is 2.07. The van der Waals surface area contributed by atoms with E-state index in [4.69, 9.17) is 9.15 Å². The number of nitrogens with zero attached hydrogens (tertiary/aromatic N) is 2. The maximum absolute atomic E-state index is 13.0. The molecule has 0 bridgehead atoms. The number of ether oxygens (including phenoxy) is 1. The third-order valence-electron chi connectivity index (χ3n) is 6.08. The van der Waals surface area contributed by atoms with Gasteiger partial charge in [0.05, 0.1) is 23.7 Å². The van der Waals surface area contributed by atoms with Crippen molar-refractivity contribution in [1.82, 2.24) is 4.90 Å². The number of furan rings is 1. The first-order chi connectivity index (χ1) is 18.7. The molecule has 2 fully saturated rings. The fourth-order valence-electron chi connectivity index (χ4n) is 4.12. The van der Waals surface area contributed by atoms with Gasteiger partial charge in [0.25, 0.3) is 11.1 Å². The molecule has 2 aliphatic heterocycles. The topological polar surface area (TPSA) is 92.1 Å². The monoisotopic (exact) mass is 557 g/mol. The van der Waals surface area contributed by atoms with E-state index >= 15 is 0 Å². The van der Waals surface area contributed by atoms with E-state index in [0.29, 0.717) is 30.7 Å². The maximum Gasteiger partial charge on any atom is 0.416 e. The molecular weight excluding hydrogens is 535 g/mol. The zero-order valence-electron chi connectivity index (χ0n) is 20.4. The summed E-state index contributed by atoms with van der Waals surface area (Å²) < 4.78 is 50.0. The number of amides is 3. The smallest absolute Gasteiger partial charge is 0.416 e. The second-order valence-electron chi connectivity index (χ2n) is 8.74. The van der Waals surface area contributed by atoms with Crippen molar-refractivity contribution in [3.63, 3.8) is 0 Å². The van der Waals surface area contributed by atoms with Gasteiger partial charge in [-0.05, 0) is 60.3 Å². The van der Waals surface area contributed by atoms with Crippen LogP contribution in [0.2, 0.25) is 0 Å². The number of imide groups is 1. The first-order valence-electron chi connectivity index (χ1n) is 11.9. The van der Waals surface area contributed by atoms with Gasteiger partial charge in [0, 0.05) is 36.1 Å². The number of morpholine rings is 1. The van der Waals surface area contributed by atoms with Gasteiger partial charge in [-0.2, -0.15) is 13.2 Å². The van der Waals surface area contributed by atoms with Crippen LogP contribution >= 0.6 is 11.8 Å². The van der Waals surface area contributed by atoms with Crippen molar-refractivity contribution < 1.29 is 36.7 Å². The zero-order chi connectivity index (χ0) is 27.6. The van der Waals surface area contributed by atoms with Crippen molar-refractivity contribution in [3.05, 3.63) is 76.9 Å². The summed E-state index contributed by atoms with van der Waals surface area (Å²) in [5.41, 5.74) is 0.927. The Morgan fingerprint density at radius 1 is 1.03 bits per heavy atom. The summed E-state index contributed by atoms with van der Waals surface area (Å²) in [5.74, 6) is -0.856. The predicted octanol–water partition coefficient (Wildman–Crippen LogP) is 5.48. The highest BCUT2D eigenvalue weighted by atomic mass is 32.2. The van der Waals surface area contributed by atoms with Crippen molar-refractivity contribution in [2.24, 2.45) is 0 Å². The van der Waals surface area contributed by atoms with Gasteiger partial charge in [-0.3, -0.25) is 19.3 Å². The molecule has 3 aromatic rings. The van der Waals surface area contributed by atoms with Gasteiger partial charge in [0.1, 0.15) is 18.1 Å². The van der Waals surface area contributed by atoms with Crippen LogP contribution in [0, 0.1) is 0 Å². The fraction of sp³-hybridized carbons (Fsp3) is 0.222. The second kappa shape index (κ2) is 11.0. The SMILES string of the molecule is O=C(CN1C(=O)S/C(=C/c2ccc(-c3cccc(C(F)(F)F)c3)o2)C1=O)Nc1ccc(N2CCOCC2)cc1. The number of hydrogen-bond acceptors (Lipinski definition) is 7. The average molecular weight is 558 g/mol. The van der Waals surface area contributed by atoms with Gasteiger partial charge in [-0.25, -0.2) is 0 Å². The highest BCUT2D eigenvalue weighted by Crippen LogP contribution is 2.35. The first kappa shape index (κ1) is 26.6. The van der Waals surface area contributed by atoms with Crippen molar-refractivity contribution >= 4 is 46.3 Å². The summed E-state index contributed by atoms with van der Waals surface area (Å²) >= 11 is 0.648. The van der Waals surface area contributed by atoms with E-state index in [0.717, 1.165) is 35.8 Å². The van der Waals surface area contributed by atoms with Crippen molar-refractivity contribution in [2.75, 3.05) is 43.1 Å². The highest BCUT2D eigenvalue weighted by molar-refractivity contribution is 8.18. The number of anilines is 2. The fourth-order valence-corrected chi connectivity index (χ4v) is 4.94. The lowest BCUT2D eigenvalue weighted by molar-refractivity contribution is -0.137. The molecular formula is C27H22F3N3O5S. The quantitative estimate of drug-likeness (QED) is 0.402. The molecule has 39 heavy (non-hydrogen) atoms. The van der Waals surface area contributed by atoms with E-state index in [2.05, 4.69) is 10.2 Å². The Labute approximate surface area is 225 Å². The summed E-state index contributed by atoms with van der Waals surface area (Å²) in [4.78, 5) is 40.8. The Morgan fingerprint density at radius 3 is 2.49 bits per heavy atom. The number of rotatable bonds is 6. The van der Waals surface area contributed by atoms with Gasteiger partial charge >= 0.3 is 6.18 Å². The Balaban J connectivity index is 1.21. The zero-order valence-corrected chi connectivity index (χ0v) is 21.2. The van der Waals surface area contributed by atoms with E-state index < -0.39 is 35.3 Å². The van der Waals surface area contributed by atoms with Crippen LogP contribution in [0.15, 0.2) is 70.0 Å². The Kier molecular flexibility index (Phi) is 7.49. The molecule has 2 saturated heterocycles. The van der Waals surface area contributed by atoms with Gasteiger partial charge < -0.3 is 19.4 Å². The van der Waals surface area contributed by atoms with Crippen LogP contribution in [0.4, 0.5) is 29.3 Å². The number of benzene rings is 2. The molecule has 2 aromatic carbocycles. The van der Waals surface area contributed by atoms with E-state index in [1.54, 1.807) is 12.1 Å². The summed E-state index contributed by atoms with van der Waals surface area (Å²) in [6.45, 7) is 2.40. The van der Waals surface area contributed by atoms with Gasteiger partial charge in [0.15, 0.2) is 0 Å². The summed E-state index contributed by atoms with van der Waals surface area (Å²) in [6, 6.07) is 14.9. The molecule has 8 nitrogen and oxygen atoms in total. The number of alkyl halides is 3. The third-order valence-corrected chi connectivity index (χ3v) is 6.98. The lowest BCUT2D eigenvalue weighted by Crippen LogP contribution is -2.36. The third kappa shape index (κ3) is 6.18. The van der Waals surface area contributed by atoms with Gasteiger partial charge in [-0.1, -0.05) is 12.1 Å². The van der Waals surface area contributed by atoms with Crippen LogP contribution in [0.1, 0.15) is 11.3 Å². The van der Waals surface area contributed by atoms with Crippen molar-refractivity contribution in [3.8, 4) is 11.3 Å². The van der Waals surface area contributed by atoms with Crippen LogP contribution in [0.25, 0.3) is 17.4 Å². The summed E-state index contributed by atoms with van der Waals surface area (Å²) in [6.07, 6.45) is -3.17. The molecule has 1 N–H and O–H groups in total. The van der Waals surface area contributed by atoms with E-state index in [9.17, 15) is 27.6 Å². The van der Waals surface area contributed by atoms with Crippen LogP contribution in [-0.4, -0.2) is 54.8 Å². The average Bonchev–Trinajstić information content (AvgIpc) is 3.49. The number of hydrogen-bond donors (Lipinski definition) is 1. The molecule has 0 spiro atoms. The lowest BCUT2D eigenvalue weighted by Gasteiger charge is -2.28. The molecule has 0 atom stereocenters. The van der Waals surface area contributed by atoms with Crippen LogP contribution in [-0.2, 0) is 20.5 Å². The lowest BCUT2D eigenvalue weighted by atomic mass is 10.1. The molecule has 0 saturated carbocycles. The molecule has 3 heterocycles.